The maximum atomic E-state index is 13.3. The number of aliphatic hydroxyl groups is 1. The van der Waals surface area contributed by atoms with E-state index in [1.54, 1.807) is 12.1 Å². The van der Waals surface area contributed by atoms with Gasteiger partial charge in [-0.2, -0.15) is 0 Å². The van der Waals surface area contributed by atoms with Crippen molar-refractivity contribution < 1.29 is 9.50 Å². The van der Waals surface area contributed by atoms with Crippen LogP contribution in [0.25, 0.3) is 0 Å². The lowest BCUT2D eigenvalue weighted by Crippen LogP contribution is -2.38. The van der Waals surface area contributed by atoms with Crippen molar-refractivity contribution in [3.05, 3.63) is 34.1 Å². The molecule has 1 aliphatic heterocycles. The molecule has 2 atom stereocenters. The number of aliphatic hydroxyl groups excluding tert-OH is 1. The van der Waals surface area contributed by atoms with Crippen LogP contribution in [0, 0.1) is 5.82 Å². The van der Waals surface area contributed by atoms with E-state index >= 15 is 0 Å². The van der Waals surface area contributed by atoms with E-state index in [4.69, 9.17) is 0 Å². The second kappa shape index (κ2) is 5.25. The largest absolute Gasteiger partial charge is 0.387 e. The van der Waals surface area contributed by atoms with E-state index in [2.05, 4.69) is 21.2 Å². The van der Waals surface area contributed by atoms with Gasteiger partial charge in [-0.25, -0.2) is 4.39 Å². The molecule has 0 radical (unpaired) electrons. The van der Waals surface area contributed by atoms with E-state index < -0.39 is 6.10 Å². The first-order valence-electron chi connectivity index (χ1n) is 5.55. The maximum absolute atomic E-state index is 13.3. The van der Waals surface area contributed by atoms with Gasteiger partial charge in [-0.1, -0.05) is 12.5 Å². The van der Waals surface area contributed by atoms with E-state index in [1.165, 1.54) is 6.07 Å². The molecule has 0 bridgehead atoms. The van der Waals surface area contributed by atoms with Gasteiger partial charge in [0.2, 0.25) is 0 Å². The average molecular weight is 288 g/mol. The van der Waals surface area contributed by atoms with Crippen molar-refractivity contribution in [2.75, 3.05) is 6.54 Å². The van der Waals surface area contributed by atoms with Gasteiger partial charge in [-0.3, -0.25) is 0 Å². The van der Waals surface area contributed by atoms with Crippen LogP contribution in [0.4, 0.5) is 4.39 Å². The molecule has 1 fully saturated rings. The summed E-state index contributed by atoms with van der Waals surface area (Å²) in [5, 5.41) is 13.4. The van der Waals surface area contributed by atoms with Crippen LogP contribution in [0.15, 0.2) is 22.7 Å². The topological polar surface area (TPSA) is 32.3 Å². The summed E-state index contributed by atoms with van der Waals surface area (Å²) in [6.07, 6.45) is 2.59. The zero-order valence-corrected chi connectivity index (χ0v) is 10.5. The van der Waals surface area contributed by atoms with Crippen LogP contribution < -0.4 is 5.32 Å². The first kappa shape index (κ1) is 12.0. The Balaban J connectivity index is 2.12. The van der Waals surface area contributed by atoms with E-state index in [0.29, 0.717) is 10.0 Å². The average Bonchev–Trinajstić information content (AvgIpc) is 2.33. The third-order valence-electron chi connectivity index (χ3n) is 3.01. The maximum Gasteiger partial charge on any atom is 0.137 e. The predicted octanol–water partition coefficient (Wildman–Crippen LogP) is 2.76. The van der Waals surface area contributed by atoms with Crippen molar-refractivity contribution in [1.82, 2.24) is 5.32 Å². The number of rotatable bonds is 2. The quantitative estimate of drug-likeness (QED) is 0.877. The van der Waals surface area contributed by atoms with Crippen LogP contribution in [0.2, 0.25) is 0 Å². The summed E-state index contributed by atoms with van der Waals surface area (Å²) in [5.41, 5.74) is 0.639. The lowest BCUT2D eigenvalue weighted by atomic mass is 9.95. The van der Waals surface area contributed by atoms with Crippen molar-refractivity contribution in [3.8, 4) is 0 Å². The first-order chi connectivity index (χ1) is 7.68. The van der Waals surface area contributed by atoms with Crippen molar-refractivity contribution in [3.63, 3.8) is 0 Å². The van der Waals surface area contributed by atoms with Crippen molar-refractivity contribution in [2.24, 2.45) is 0 Å². The van der Waals surface area contributed by atoms with E-state index in [9.17, 15) is 9.50 Å². The summed E-state index contributed by atoms with van der Waals surface area (Å²) in [7, 11) is 0. The van der Waals surface area contributed by atoms with Gasteiger partial charge in [0, 0.05) is 6.04 Å². The molecule has 0 amide bonds. The number of hydrogen-bond acceptors (Lipinski definition) is 2. The third-order valence-corrected chi connectivity index (χ3v) is 3.66. The highest BCUT2D eigenvalue weighted by Gasteiger charge is 2.23. The summed E-state index contributed by atoms with van der Waals surface area (Å²) in [6.45, 7) is 0.931. The Labute approximate surface area is 103 Å². The van der Waals surface area contributed by atoms with Gasteiger partial charge in [0.15, 0.2) is 0 Å². The highest BCUT2D eigenvalue weighted by atomic mass is 79.9. The van der Waals surface area contributed by atoms with Gasteiger partial charge in [0.25, 0.3) is 0 Å². The summed E-state index contributed by atoms with van der Waals surface area (Å²) in [6, 6.07) is 4.84. The number of benzene rings is 1. The molecule has 0 aromatic heterocycles. The van der Waals surface area contributed by atoms with Gasteiger partial charge < -0.3 is 10.4 Å². The lowest BCUT2D eigenvalue weighted by molar-refractivity contribution is 0.113. The SMILES string of the molecule is OC(c1ccc(Br)c(F)c1)C1CCCCN1. The molecular formula is C12H15BrFNO. The third kappa shape index (κ3) is 2.62. The second-order valence-corrected chi connectivity index (χ2v) is 5.03. The van der Waals surface area contributed by atoms with Crippen LogP contribution in [-0.2, 0) is 0 Å². The van der Waals surface area contributed by atoms with Crippen LogP contribution in [0.5, 0.6) is 0 Å². The molecule has 1 aromatic rings. The molecule has 1 heterocycles. The Morgan fingerprint density at radius 2 is 2.25 bits per heavy atom. The highest BCUT2D eigenvalue weighted by molar-refractivity contribution is 9.10. The summed E-state index contributed by atoms with van der Waals surface area (Å²) in [5.74, 6) is -0.327. The zero-order chi connectivity index (χ0) is 11.5. The van der Waals surface area contributed by atoms with E-state index in [1.807, 2.05) is 0 Å². The molecule has 1 aromatic carbocycles. The number of piperidine rings is 1. The summed E-state index contributed by atoms with van der Waals surface area (Å²) >= 11 is 3.10. The molecule has 1 saturated heterocycles. The van der Waals surface area contributed by atoms with Gasteiger partial charge in [-0.05, 0) is 53.0 Å². The molecule has 0 aliphatic carbocycles. The van der Waals surface area contributed by atoms with Gasteiger partial charge >= 0.3 is 0 Å². The fourth-order valence-corrected chi connectivity index (χ4v) is 2.32. The first-order valence-corrected chi connectivity index (χ1v) is 6.34. The minimum absolute atomic E-state index is 0.0503. The monoisotopic (exact) mass is 287 g/mol. The standard InChI is InChI=1S/C12H15BrFNO/c13-9-5-4-8(7-10(9)14)12(16)11-3-1-2-6-15-11/h4-5,7,11-12,15-16H,1-3,6H2. The van der Waals surface area contributed by atoms with Crippen molar-refractivity contribution >= 4 is 15.9 Å². The molecule has 2 N–H and O–H groups in total. The Kier molecular flexibility index (Phi) is 3.95. The van der Waals surface area contributed by atoms with Crippen LogP contribution in [-0.4, -0.2) is 17.7 Å². The highest BCUT2D eigenvalue weighted by Crippen LogP contribution is 2.25. The molecule has 0 saturated carbocycles. The molecule has 2 rings (SSSR count). The Bertz CT molecular complexity index is 366. The Morgan fingerprint density at radius 1 is 1.44 bits per heavy atom. The summed E-state index contributed by atoms with van der Waals surface area (Å²) in [4.78, 5) is 0. The molecule has 1 aliphatic rings. The van der Waals surface area contributed by atoms with E-state index in [-0.39, 0.29) is 11.9 Å². The van der Waals surface area contributed by atoms with Crippen LogP contribution in [0.1, 0.15) is 30.9 Å². The molecule has 2 unspecified atom stereocenters. The summed E-state index contributed by atoms with van der Waals surface area (Å²) < 4.78 is 13.8. The molecule has 4 heteroatoms. The minimum Gasteiger partial charge on any atom is -0.387 e. The minimum atomic E-state index is -0.622. The van der Waals surface area contributed by atoms with Crippen molar-refractivity contribution in [2.45, 2.75) is 31.4 Å². The molecular weight excluding hydrogens is 273 g/mol. The second-order valence-electron chi connectivity index (χ2n) is 4.17. The van der Waals surface area contributed by atoms with Crippen LogP contribution >= 0.6 is 15.9 Å². The van der Waals surface area contributed by atoms with E-state index in [0.717, 1.165) is 25.8 Å². The van der Waals surface area contributed by atoms with Gasteiger partial charge in [-0.15, -0.1) is 0 Å². The predicted molar refractivity (Wildman–Crippen MR) is 64.7 cm³/mol. The molecule has 2 nitrogen and oxygen atoms in total. The Hall–Kier alpha value is -0.450. The van der Waals surface area contributed by atoms with Gasteiger partial charge in [0.1, 0.15) is 5.82 Å². The number of nitrogens with one attached hydrogen (secondary N) is 1. The fraction of sp³-hybridized carbons (Fsp3) is 0.500. The lowest BCUT2D eigenvalue weighted by Gasteiger charge is -2.28. The molecule has 16 heavy (non-hydrogen) atoms. The van der Waals surface area contributed by atoms with Gasteiger partial charge in [0.05, 0.1) is 10.6 Å². The van der Waals surface area contributed by atoms with Crippen LogP contribution in [0.3, 0.4) is 0 Å². The zero-order valence-electron chi connectivity index (χ0n) is 8.92. The molecule has 0 spiro atoms. The molecule has 88 valence electrons. The van der Waals surface area contributed by atoms with Crippen molar-refractivity contribution in [1.29, 1.82) is 0 Å². The normalized spacial score (nSPS) is 23.1. The Morgan fingerprint density at radius 3 is 2.88 bits per heavy atom. The fourth-order valence-electron chi connectivity index (χ4n) is 2.08. The number of halogens is 2. The smallest absolute Gasteiger partial charge is 0.137 e. The number of hydrogen-bond donors (Lipinski definition) is 2.